The maximum atomic E-state index is 5.39. The van der Waals surface area contributed by atoms with Crippen LogP contribution in [0.3, 0.4) is 0 Å². The summed E-state index contributed by atoms with van der Waals surface area (Å²) in [6.07, 6.45) is 0. The smallest absolute Gasteiger partial charge is 0.138 e. The molecule has 5 heteroatoms. The molecule has 1 aliphatic rings. The van der Waals surface area contributed by atoms with Gasteiger partial charge >= 0.3 is 0 Å². The third-order valence-electron chi connectivity index (χ3n) is 6.30. The van der Waals surface area contributed by atoms with Crippen LogP contribution in [0.15, 0.2) is 60.7 Å². The molecule has 0 spiro atoms. The Morgan fingerprint density at radius 2 is 1.63 bits per heavy atom. The number of nitrogens with zero attached hydrogens (tertiary/aromatic N) is 4. The van der Waals surface area contributed by atoms with Crippen molar-refractivity contribution in [1.82, 2.24) is 19.1 Å². The number of aryl methyl sites for hydroxylation is 2. The van der Waals surface area contributed by atoms with E-state index >= 15 is 0 Å². The number of imidazole rings is 2. The Morgan fingerprint density at radius 1 is 0.867 bits per heavy atom. The lowest BCUT2D eigenvalue weighted by Crippen LogP contribution is -2.26. The fourth-order valence-corrected chi connectivity index (χ4v) is 4.61. The largest absolute Gasteiger partial charge is 0.497 e. The van der Waals surface area contributed by atoms with Gasteiger partial charge in [-0.05, 0) is 66.9 Å². The topological polar surface area (TPSA) is 44.9 Å². The Bertz CT molecular complexity index is 1430. The van der Waals surface area contributed by atoms with Crippen LogP contribution in [0.4, 0.5) is 0 Å². The Labute approximate surface area is 174 Å². The van der Waals surface area contributed by atoms with E-state index in [4.69, 9.17) is 14.7 Å². The van der Waals surface area contributed by atoms with Crippen molar-refractivity contribution in [1.29, 1.82) is 0 Å². The number of hydrogen-bond donors (Lipinski definition) is 0. The van der Waals surface area contributed by atoms with E-state index in [-0.39, 0.29) is 6.04 Å². The lowest BCUT2D eigenvalue weighted by atomic mass is 10.0. The minimum absolute atomic E-state index is 0.0424. The minimum atomic E-state index is -0.0424. The van der Waals surface area contributed by atoms with Gasteiger partial charge in [0, 0.05) is 0 Å². The first-order chi connectivity index (χ1) is 14.6. The van der Waals surface area contributed by atoms with Crippen molar-refractivity contribution < 1.29 is 4.74 Å². The number of ether oxygens (including phenoxy) is 1. The average molecular weight is 394 g/mol. The highest BCUT2D eigenvalue weighted by Gasteiger charge is 2.32. The van der Waals surface area contributed by atoms with Crippen LogP contribution in [0.1, 0.15) is 34.4 Å². The molecule has 0 fully saturated rings. The summed E-state index contributed by atoms with van der Waals surface area (Å²) in [5.74, 6) is 2.96. The van der Waals surface area contributed by atoms with Crippen LogP contribution in [-0.4, -0.2) is 26.2 Å². The second kappa shape index (κ2) is 6.20. The average Bonchev–Trinajstić information content (AvgIpc) is 3.30. The minimum Gasteiger partial charge on any atom is -0.497 e. The molecule has 3 heterocycles. The summed E-state index contributed by atoms with van der Waals surface area (Å²) in [4.78, 5) is 10.1. The normalized spacial score (nSPS) is 15.4. The zero-order valence-electron chi connectivity index (χ0n) is 17.3. The zero-order valence-corrected chi connectivity index (χ0v) is 17.3. The number of para-hydroxylation sites is 2. The second-order valence-corrected chi connectivity index (χ2v) is 8.04. The fourth-order valence-electron chi connectivity index (χ4n) is 4.61. The quantitative estimate of drug-likeness (QED) is 0.415. The first-order valence-corrected chi connectivity index (χ1v) is 10.2. The number of methoxy groups -OCH3 is 1. The number of aromatic nitrogens is 4. The summed E-state index contributed by atoms with van der Waals surface area (Å²) in [5, 5.41) is 0. The Balaban J connectivity index is 1.67. The van der Waals surface area contributed by atoms with E-state index in [1.54, 1.807) is 7.11 Å². The zero-order chi connectivity index (χ0) is 20.4. The molecule has 0 radical (unpaired) electrons. The summed E-state index contributed by atoms with van der Waals surface area (Å²) < 4.78 is 10.1. The van der Waals surface area contributed by atoms with Gasteiger partial charge in [-0.3, -0.25) is 0 Å². The monoisotopic (exact) mass is 394 g/mol. The van der Waals surface area contributed by atoms with Crippen molar-refractivity contribution in [2.24, 2.45) is 0 Å². The van der Waals surface area contributed by atoms with E-state index in [0.29, 0.717) is 0 Å². The third-order valence-corrected chi connectivity index (χ3v) is 6.30. The lowest BCUT2D eigenvalue weighted by molar-refractivity contribution is 0.414. The standard InChI is InChI=1S/C25H22N4O/c1-15-12-20-22(13-16(15)2)29-23(26-20)14-28-21-7-5-4-6-19(21)27-25(28)24(29)17-8-10-18(30-3)11-9-17/h4-13,24H,14H2,1-3H3. The first-order valence-electron chi connectivity index (χ1n) is 10.2. The van der Waals surface area contributed by atoms with Gasteiger partial charge in [-0.25, -0.2) is 9.97 Å². The van der Waals surface area contributed by atoms with Crippen LogP contribution in [0.25, 0.3) is 22.1 Å². The molecule has 3 aromatic carbocycles. The van der Waals surface area contributed by atoms with Crippen molar-refractivity contribution in [3.05, 3.63) is 89.0 Å². The molecule has 0 bridgehead atoms. The van der Waals surface area contributed by atoms with Gasteiger partial charge in [0.05, 0.1) is 35.7 Å². The maximum Gasteiger partial charge on any atom is 0.138 e. The molecule has 0 amide bonds. The van der Waals surface area contributed by atoms with Gasteiger partial charge in [-0.15, -0.1) is 0 Å². The van der Waals surface area contributed by atoms with Gasteiger partial charge < -0.3 is 13.9 Å². The Morgan fingerprint density at radius 3 is 2.43 bits per heavy atom. The summed E-state index contributed by atoms with van der Waals surface area (Å²) in [7, 11) is 1.70. The molecule has 5 aromatic rings. The highest BCUT2D eigenvalue weighted by molar-refractivity contribution is 5.80. The summed E-state index contributed by atoms with van der Waals surface area (Å²) in [5.41, 5.74) is 8.09. The molecule has 5 nitrogen and oxygen atoms in total. The number of benzene rings is 3. The van der Waals surface area contributed by atoms with Crippen molar-refractivity contribution in [2.75, 3.05) is 7.11 Å². The number of fused-ring (bicyclic) bond motifs is 6. The molecular formula is C25H22N4O. The van der Waals surface area contributed by atoms with Gasteiger partial charge in [0.2, 0.25) is 0 Å². The summed E-state index contributed by atoms with van der Waals surface area (Å²) in [6, 6.07) is 21.1. The third kappa shape index (κ3) is 2.35. The molecular weight excluding hydrogens is 372 g/mol. The van der Waals surface area contributed by atoms with E-state index in [1.165, 1.54) is 16.7 Å². The second-order valence-electron chi connectivity index (χ2n) is 8.04. The highest BCUT2D eigenvalue weighted by Crippen LogP contribution is 2.38. The van der Waals surface area contributed by atoms with Gasteiger partial charge in [-0.2, -0.15) is 0 Å². The Hall–Kier alpha value is -3.60. The van der Waals surface area contributed by atoms with Crippen LogP contribution in [0.2, 0.25) is 0 Å². The summed E-state index contributed by atoms with van der Waals surface area (Å²) in [6.45, 7) is 5.02. The van der Waals surface area contributed by atoms with Crippen LogP contribution < -0.4 is 4.74 Å². The van der Waals surface area contributed by atoms with Crippen LogP contribution in [-0.2, 0) is 6.54 Å². The van der Waals surface area contributed by atoms with Crippen molar-refractivity contribution in [2.45, 2.75) is 26.4 Å². The Kier molecular flexibility index (Phi) is 3.57. The molecule has 0 aliphatic carbocycles. The van der Waals surface area contributed by atoms with Crippen LogP contribution in [0, 0.1) is 13.8 Å². The van der Waals surface area contributed by atoms with E-state index in [9.17, 15) is 0 Å². The fraction of sp³-hybridized carbons (Fsp3) is 0.200. The van der Waals surface area contributed by atoms with Crippen molar-refractivity contribution in [3.8, 4) is 5.75 Å². The van der Waals surface area contributed by atoms with Gasteiger partial charge in [0.1, 0.15) is 23.4 Å². The molecule has 6 rings (SSSR count). The van der Waals surface area contributed by atoms with Crippen LogP contribution >= 0.6 is 0 Å². The van der Waals surface area contributed by atoms with Crippen molar-refractivity contribution >= 4 is 22.1 Å². The van der Waals surface area contributed by atoms with E-state index in [1.807, 2.05) is 18.2 Å². The SMILES string of the molecule is COc1ccc(C2c3nc4ccccc4n3Cc3nc4cc(C)c(C)cc4n32)cc1. The van der Waals surface area contributed by atoms with Gasteiger partial charge in [0.25, 0.3) is 0 Å². The molecule has 1 atom stereocenters. The molecule has 30 heavy (non-hydrogen) atoms. The number of rotatable bonds is 2. The first kappa shape index (κ1) is 17.3. The molecule has 0 N–H and O–H groups in total. The molecule has 2 aromatic heterocycles. The van der Waals surface area contributed by atoms with Crippen LogP contribution in [0.5, 0.6) is 5.75 Å². The lowest BCUT2D eigenvalue weighted by Gasteiger charge is -2.28. The van der Waals surface area contributed by atoms with E-state index in [2.05, 4.69) is 65.4 Å². The highest BCUT2D eigenvalue weighted by atomic mass is 16.5. The van der Waals surface area contributed by atoms with Gasteiger partial charge in [-0.1, -0.05) is 24.3 Å². The van der Waals surface area contributed by atoms with Gasteiger partial charge in [0.15, 0.2) is 0 Å². The van der Waals surface area contributed by atoms with E-state index < -0.39 is 0 Å². The van der Waals surface area contributed by atoms with E-state index in [0.717, 1.165) is 46.0 Å². The predicted molar refractivity (Wildman–Crippen MR) is 118 cm³/mol. The maximum absolute atomic E-state index is 5.39. The summed E-state index contributed by atoms with van der Waals surface area (Å²) >= 11 is 0. The molecule has 1 aliphatic heterocycles. The molecule has 0 saturated carbocycles. The molecule has 148 valence electrons. The number of hydrogen-bond acceptors (Lipinski definition) is 3. The predicted octanol–water partition coefficient (Wildman–Crippen LogP) is 5.01. The molecule has 0 saturated heterocycles. The molecule has 1 unspecified atom stereocenters. The van der Waals surface area contributed by atoms with Crippen molar-refractivity contribution in [3.63, 3.8) is 0 Å².